The minimum Gasteiger partial charge on any atom is -0.481 e. The Morgan fingerprint density at radius 1 is 1.19 bits per heavy atom. The van der Waals surface area contributed by atoms with Crippen LogP contribution in [0.25, 0.3) is 0 Å². The summed E-state index contributed by atoms with van der Waals surface area (Å²) in [4.78, 5) is 15.5. The van der Waals surface area contributed by atoms with Gasteiger partial charge in [0.25, 0.3) is 0 Å². The number of carboxylic acid groups (broad SMARTS) is 1. The van der Waals surface area contributed by atoms with Crippen molar-refractivity contribution in [2.75, 3.05) is 24.5 Å². The summed E-state index contributed by atoms with van der Waals surface area (Å²) < 4.78 is 0. The van der Waals surface area contributed by atoms with Crippen LogP contribution in [0.5, 0.6) is 0 Å². The highest BCUT2D eigenvalue weighted by Crippen LogP contribution is 2.32. The molecule has 0 saturated carbocycles. The molecule has 2 aromatic carbocycles. The Morgan fingerprint density at radius 3 is 2.67 bits per heavy atom. The van der Waals surface area contributed by atoms with Crippen molar-refractivity contribution in [2.24, 2.45) is 5.92 Å². The van der Waals surface area contributed by atoms with Gasteiger partial charge >= 0.3 is 5.97 Å². The maximum absolute atomic E-state index is 11.0. The zero-order chi connectivity index (χ0) is 19.1. The molecule has 4 rings (SSSR count). The van der Waals surface area contributed by atoms with E-state index in [-0.39, 0.29) is 5.92 Å². The Kier molecular flexibility index (Phi) is 5.06. The molecule has 1 saturated heterocycles. The van der Waals surface area contributed by atoms with Crippen LogP contribution in [0.1, 0.15) is 22.3 Å². The first kappa shape index (κ1) is 18.6. The largest absolute Gasteiger partial charge is 0.481 e. The molecule has 0 aromatic heterocycles. The van der Waals surface area contributed by atoms with Crippen molar-refractivity contribution in [3.63, 3.8) is 0 Å². The van der Waals surface area contributed by atoms with E-state index in [1.165, 1.54) is 22.3 Å². The third kappa shape index (κ3) is 3.79. The van der Waals surface area contributed by atoms with Crippen LogP contribution in [0.4, 0.5) is 5.69 Å². The van der Waals surface area contributed by atoms with Crippen molar-refractivity contribution in [1.29, 1.82) is 0 Å². The molecule has 0 unspecified atom stereocenters. The lowest BCUT2D eigenvalue weighted by molar-refractivity contribution is -0.147. The molecule has 0 spiro atoms. The Hall–Kier alpha value is -1.75. The molecule has 0 amide bonds. The van der Waals surface area contributed by atoms with Crippen molar-refractivity contribution < 1.29 is 9.90 Å². The fourth-order valence-corrected chi connectivity index (χ4v) is 4.34. The molecule has 0 atom stereocenters. The van der Waals surface area contributed by atoms with E-state index in [1.54, 1.807) is 0 Å². The zero-order valence-corrected chi connectivity index (χ0v) is 16.7. The van der Waals surface area contributed by atoms with Crippen molar-refractivity contribution in [1.82, 2.24) is 4.90 Å². The number of hydrogen-bond donors (Lipinski definition) is 1. The summed E-state index contributed by atoms with van der Waals surface area (Å²) >= 11 is 12.2. The van der Waals surface area contributed by atoms with E-state index in [4.69, 9.17) is 28.3 Å². The topological polar surface area (TPSA) is 43.8 Å². The zero-order valence-electron chi connectivity index (χ0n) is 15.2. The van der Waals surface area contributed by atoms with E-state index < -0.39 is 5.97 Å². The fraction of sp³-hybridized carbons (Fsp3) is 0.381. The first-order valence-electron chi connectivity index (χ1n) is 9.17. The first-order valence-corrected chi connectivity index (χ1v) is 9.92. The Balaban J connectivity index is 1.48. The predicted molar refractivity (Wildman–Crippen MR) is 109 cm³/mol. The summed E-state index contributed by atoms with van der Waals surface area (Å²) in [6, 6.07) is 10.3. The molecule has 2 aliphatic heterocycles. The number of halogens is 2. The molecule has 4 nitrogen and oxygen atoms in total. The number of carbonyl (C=O) groups is 1. The summed E-state index contributed by atoms with van der Waals surface area (Å²) in [6.07, 6.45) is 0.988. The number of aliphatic carboxylic acids is 1. The van der Waals surface area contributed by atoms with Gasteiger partial charge in [-0.1, -0.05) is 35.3 Å². The van der Waals surface area contributed by atoms with Gasteiger partial charge in [-0.2, -0.15) is 0 Å². The summed E-state index contributed by atoms with van der Waals surface area (Å²) in [7, 11) is 0. The van der Waals surface area contributed by atoms with Gasteiger partial charge in [-0.25, -0.2) is 0 Å². The van der Waals surface area contributed by atoms with Gasteiger partial charge in [0.1, 0.15) is 0 Å². The van der Waals surface area contributed by atoms with Gasteiger partial charge in [-0.3, -0.25) is 9.69 Å². The Bertz CT molecular complexity index is 894. The van der Waals surface area contributed by atoms with Crippen LogP contribution in [0.2, 0.25) is 10.0 Å². The van der Waals surface area contributed by atoms with Gasteiger partial charge < -0.3 is 10.0 Å². The second-order valence-corrected chi connectivity index (χ2v) is 8.36. The van der Waals surface area contributed by atoms with Crippen LogP contribution in [0.15, 0.2) is 30.3 Å². The van der Waals surface area contributed by atoms with E-state index >= 15 is 0 Å². The van der Waals surface area contributed by atoms with Crippen LogP contribution < -0.4 is 4.90 Å². The monoisotopic (exact) mass is 404 g/mol. The third-order valence-electron chi connectivity index (χ3n) is 5.61. The van der Waals surface area contributed by atoms with E-state index in [0.717, 1.165) is 31.7 Å². The summed E-state index contributed by atoms with van der Waals surface area (Å²) in [5.74, 6) is -0.890. The molecule has 2 heterocycles. The number of anilines is 1. The fourth-order valence-electron chi connectivity index (χ4n) is 4.05. The number of fused-ring (bicyclic) bond motifs is 1. The van der Waals surface area contributed by atoms with Gasteiger partial charge in [-0.15, -0.1) is 0 Å². The van der Waals surface area contributed by atoms with Gasteiger partial charge in [0.2, 0.25) is 0 Å². The predicted octanol–water partition coefficient (Wildman–Crippen LogP) is 4.38. The van der Waals surface area contributed by atoms with Crippen LogP contribution in [0.3, 0.4) is 0 Å². The van der Waals surface area contributed by atoms with Gasteiger partial charge in [-0.05, 0) is 53.8 Å². The van der Waals surface area contributed by atoms with Gasteiger partial charge in [0.05, 0.1) is 16.0 Å². The number of likely N-dealkylation sites (tertiary alicyclic amines) is 1. The standard InChI is InChI=1S/C21H22Cl2N2O2/c1-13-6-14(9-24-10-16(11-24)21(26)27)7-15-4-5-25(12-18(13)15)17-2-3-19(22)20(23)8-17/h2-3,6-8,16H,4-5,9-12H2,1H3,(H,26,27). The lowest BCUT2D eigenvalue weighted by atomic mass is 9.91. The summed E-state index contributed by atoms with van der Waals surface area (Å²) in [5, 5.41) is 10.2. The van der Waals surface area contributed by atoms with Crippen molar-refractivity contribution in [3.05, 3.63) is 62.6 Å². The number of benzene rings is 2. The van der Waals surface area contributed by atoms with E-state index in [9.17, 15) is 4.79 Å². The quantitative estimate of drug-likeness (QED) is 0.820. The van der Waals surface area contributed by atoms with Crippen LogP contribution in [0, 0.1) is 12.8 Å². The minimum atomic E-state index is -0.685. The molecule has 142 valence electrons. The maximum atomic E-state index is 11.0. The average Bonchev–Trinajstić information content (AvgIpc) is 2.59. The number of rotatable bonds is 4. The number of carboxylic acids is 1. The molecule has 2 aromatic rings. The van der Waals surface area contributed by atoms with Crippen molar-refractivity contribution >= 4 is 34.9 Å². The normalized spacial score (nSPS) is 17.5. The average molecular weight is 405 g/mol. The molecule has 0 radical (unpaired) electrons. The molecular formula is C21H22Cl2N2O2. The second kappa shape index (κ2) is 7.34. The summed E-state index contributed by atoms with van der Waals surface area (Å²) in [6.45, 7) is 6.10. The SMILES string of the molecule is Cc1cc(CN2CC(C(=O)O)C2)cc2c1CN(c1ccc(Cl)c(Cl)c1)CC2. The molecule has 6 heteroatoms. The molecule has 1 N–H and O–H groups in total. The van der Waals surface area contributed by atoms with Crippen molar-refractivity contribution in [3.8, 4) is 0 Å². The highest BCUT2D eigenvalue weighted by molar-refractivity contribution is 6.42. The third-order valence-corrected chi connectivity index (χ3v) is 6.35. The van der Waals surface area contributed by atoms with Crippen molar-refractivity contribution in [2.45, 2.75) is 26.4 Å². The molecule has 1 fully saturated rings. The highest BCUT2D eigenvalue weighted by Gasteiger charge is 2.32. The van der Waals surface area contributed by atoms with Crippen LogP contribution in [-0.2, 0) is 24.3 Å². The second-order valence-electron chi connectivity index (χ2n) is 7.55. The highest BCUT2D eigenvalue weighted by atomic mass is 35.5. The van der Waals surface area contributed by atoms with Crippen LogP contribution in [-0.4, -0.2) is 35.6 Å². The lowest BCUT2D eigenvalue weighted by Crippen LogP contribution is -2.49. The van der Waals surface area contributed by atoms with E-state index in [2.05, 4.69) is 28.9 Å². The Morgan fingerprint density at radius 2 is 1.96 bits per heavy atom. The van der Waals surface area contributed by atoms with E-state index in [1.807, 2.05) is 18.2 Å². The molecule has 0 aliphatic carbocycles. The molecule has 2 aliphatic rings. The van der Waals surface area contributed by atoms with Gasteiger partial charge in [0.15, 0.2) is 0 Å². The first-order chi connectivity index (χ1) is 12.9. The molecule has 0 bridgehead atoms. The number of hydrogen-bond acceptors (Lipinski definition) is 3. The Labute approximate surface area is 169 Å². The summed E-state index contributed by atoms with van der Waals surface area (Å²) in [5.41, 5.74) is 6.44. The van der Waals surface area contributed by atoms with E-state index in [0.29, 0.717) is 23.1 Å². The lowest BCUT2D eigenvalue weighted by Gasteiger charge is -2.37. The number of aryl methyl sites for hydroxylation is 1. The number of nitrogens with zero attached hydrogens (tertiary/aromatic N) is 2. The minimum absolute atomic E-state index is 0.205. The maximum Gasteiger partial charge on any atom is 0.309 e. The van der Waals surface area contributed by atoms with Crippen LogP contribution >= 0.6 is 23.2 Å². The molecule has 27 heavy (non-hydrogen) atoms. The molecular weight excluding hydrogens is 383 g/mol. The van der Waals surface area contributed by atoms with Gasteiger partial charge in [0, 0.05) is 38.4 Å². The smallest absolute Gasteiger partial charge is 0.309 e.